The highest BCUT2D eigenvalue weighted by molar-refractivity contribution is 5.41. The van der Waals surface area contributed by atoms with E-state index in [2.05, 4.69) is 16.8 Å². The molecule has 1 saturated heterocycles. The first-order valence-corrected chi connectivity index (χ1v) is 6.21. The molecule has 1 fully saturated rings. The number of nitrogens with two attached hydrogens (primary N) is 1. The maximum Gasteiger partial charge on any atom is 0.0772 e. The van der Waals surface area contributed by atoms with Gasteiger partial charge in [0.15, 0.2) is 0 Å². The molecule has 0 radical (unpaired) electrons. The van der Waals surface area contributed by atoms with Crippen molar-refractivity contribution in [2.75, 3.05) is 18.8 Å². The molecule has 1 aromatic rings. The highest BCUT2D eigenvalue weighted by Gasteiger charge is 2.19. The Balaban J connectivity index is 1.97. The maximum atomic E-state index is 5.92. The van der Waals surface area contributed by atoms with Gasteiger partial charge in [0.25, 0.3) is 0 Å². The Morgan fingerprint density at radius 1 is 1.56 bits per heavy atom. The molecule has 3 heteroatoms. The van der Waals surface area contributed by atoms with Crippen LogP contribution < -0.4 is 5.73 Å². The van der Waals surface area contributed by atoms with Gasteiger partial charge in [0, 0.05) is 19.3 Å². The van der Waals surface area contributed by atoms with E-state index in [0.29, 0.717) is 0 Å². The predicted molar refractivity (Wildman–Crippen MR) is 66.9 cm³/mol. The van der Waals surface area contributed by atoms with Crippen LogP contribution in [0.25, 0.3) is 0 Å². The van der Waals surface area contributed by atoms with Crippen LogP contribution >= 0.6 is 0 Å². The summed E-state index contributed by atoms with van der Waals surface area (Å²) in [6, 6.07) is 3.83. The molecule has 0 amide bonds. The van der Waals surface area contributed by atoms with Gasteiger partial charge in [-0.3, -0.25) is 9.88 Å². The predicted octanol–water partition coefficient (Wildman–Crippen LogP) is 2.29. The number of anilines is 1. The Hall–Kier alpha value is -1.09. The fraction of sp³-hybridized carbons (Fsp3) is 0.615. The summed E-state index contributed by atoms with van der Waals surface area (Å²) < 4.78 is 0. The molecule has 0 spiro atoms. The van der Waals surface area contributed by atoms with E-state index in [1.165, 1.54) is 32.4 Å². The summed E-state index contributed by atoms with van der Waals surface area (Å²) in [5.74, 6) is 0.860. The van der Waals surface area contributed by atoms with E-state index in [4.69, 9.17) is 5.73 Å². The molecule has 2 heterocycles. The molecule has 88 valence electrons. The molecular weight excluding hydrogens is 198 g/mol. The van der Waals surface area contributed by atoms with Crippen LogP contribution in [0.5, 0.6) is 0 Å². The van der Waals surface area contributed by atoms with Crippen LogP contribution in [0.15, 0.2) is 18.3 Å². The molecule has 1 aromatic heterocycles. The number of nitrogens with zero attached hydrogens (tertiary/aromatic N) is 2. The molecule has 0 saturated carbocycles. The molecule has 1 aliphatic rings. The van der Waals surface area contributed by atoms with Gasteiger partial charge < -0.3 is 5.73 Å². The Bertz CT molecular complexity index is 338. The van der Waals surface area contributed by atoms with Crippen molar-refractivity contribution in [3.05, 3.63) is 24.0 Å². The van der Waals surface area contributed by atoms with E-state index in [1.807, 2.05) is 18.3 Å². The summed E-state index contributed by atoms with van der Waals surface area (Å²) >= 11 is 0. The van der Waals surface area contributed by atoms with Crippen LogP contribution in [0.2, 0.25) is 0 Å². The molecule has 0 bridgehead atoms. The lowest BCUT2D eigenvalue weighted by Gasteiger charge is -2.32. The summed E-state index contributed by atoms with van der Waals surface area (Å²) in [7, 11) is 0. The van der Waals surface area contributed by atoms with Gasteiger partial charge in [0.2, 0.25) is 0 Å². The van der Waals surface area contributed by atoms with E-state index in [1.54, 1.807) is 0 Å². The SMILES string of the molecule is CCC1CCCN(Cc2ncccc2N)C1. The molecule has 0 aromatic carbocycles. The van der Waals surface area contributed by atoms with Crippen LogP contribution in [0, 0.1) is 5.92 Å². The van der Waals surface area contributed by atoms with E-state index >= 15 is 0 Å². The fourth-order valence-corrected chi connectivity index (χ4v) is 2.42. The minimum absolute atomic E-state index is 0.820. The normalized spacial score (nSPS) is 22.2. The van der Waals surface area contributed by atoms with Gasteiger partial charge in [-0.15, -0.1) is 0 Å². The highest BCUT2D eigenvalue weighted by atomic mass is 15.1. The average Bonchev–Trinajstić information content (AvgIpc) is 2.32. The van der Waals surface area contributed by atoms with Crippen molar-refractivity contribution in [1.29, 1.82) is 0 Å². The minimum Gasteiger partial charge on any atom is -0.397 e. The Kier molecular flexibility index (Phi) is 3.78. The average molecular weight is 219 g/mol. The molecule has 2 N–H and O–H groups in total. The first kappa shape index (κ1) is 11.4. The lowest BCUT2D eigenvalue weighted by molar-refractivity contribution is 0.163. The summed E-state index contributed by atoms with van der Waals surface area (Å²) in [6.07, 6.45) is 5.80. The molecule has 16 heavy (non-hydrogen) atoms. The largest absolute Gasteiger partial charge is 0.397 e. The zero-order valence-electron chi connectivity index (χ0n) is 10.0. The van der Waals surface area contributed by atoms with Gasteiger partial charge in [-0.2, -0.15) is 0 Å². The Morgan fingerprint density at radius 2 is 2.44 bits per heavy atom. The van der Waals surface area contributed by atoms with Crippen molar-refractivity contribution in [2.24, 2.45) is 5.92 Å². The van der Waals surface area contributed by atoms with Gasteiger partial charge in [-0.05, 0) is 37.4 Å². The lowest BCUT2D eigenvalue weighted by atomic mass is 9.95. The minimum atomic E-state index is 0.820. The second-order valence-corrected chi connectivity index (χ2v) is 4.69. The number of aromatic nitrogens is 1. The lowest BCUT2D eigenvalue weighted by Crippen LogP contribution is -2.35. The van der Waals surface area contributed by atoms with Crippen LogP contribution in [-0.4, -0.2) is 23.0 Å². The Morgan fingerprint density at radius 3 is 3.19 bits per heavy atom. The van der Waals surface area contributed by atoms with Crippen molar-refractivity contribution in [1.82, 2.24) is 9.88 Å². The molecule has 1 aliphatic heterocycles. The number of rotatable bonds is 3. The van der Waals surface area contributed by atoms with Crippen molar-refractivity contribution in [2.45, 2.75) is 32.7 Å². The molecule has 3 nitrogen and oxygen atoms in total. The number of piperidine rings is 1. The first-order valence-electron chi connectivity index (χ1n) is 6.21. The summed E-state index contributed by atoms with van der Waals surface area (Å²) in [4.78, 5) is 6.84. The maximum absolute atomic E-state index is 5.92. The molecule has 1 atom stereocenters. The highest BCUT2D eigenvalue weighted by Crippen LogP contribution is 2.21. The summed E-state index contributed by atoms with van der Waals surface area (Å²) in [5.41, 5.74) is 7.76. The third-order valence-electron chi connectivity index (χ3n) is 3.48. The topological polar surface area (TPSA) is 42.2 Å². The van der Waals surface area contributed by atoms with Crippen molar-refractivity contribution < 1.29 is 0 Å². The van der Waals surface area contributed by atoms with Crippen LogP contribution in [0.4, 0.5) is 5.69 Å². The number of nitrogen functional groups attached to an aromatic ring is 1. The van der Waals surface area contributed by atoms with Gasteiger partial charge in [0.05, 0.1) is 11.4 Å². The third kappa shape index (κ3) is 2.73. The van der Waals surface area contributed by atoms with Crippen LogP contribution in [0.1, 0.15) is 31.9 Å². The van der Waals surface area contributed by atoms with Gasteiger partial charge >= 0.3 is 0 Å². The second kappa shape index (κ2) is 5.30. The van der Waals surface area contributed by atoms with Gasteiger partial charge in [0.1, 0.15) is 0 Å². The molecule has 0 aliphatic carbocycles. The zero-order chi connectivity index (χ0) is 11.4. The monoisotopic (exact) mass is 219 g/mol. The van der Waals surface area contributed by atoms with Crippen molar-refractivity contribution in [3.63, 3.8) is 0 Å². The summed E-state index contributed by atoms with van der Waals surface area (Å²) in [5, 5.41) is 0. The number of pyridine rings is 1. The van der Waals surface area contributed by atoms with E-state index < -0.39 is 0 Å². The molecule has 2 rings (SSSR count). The second-order valence-electron chi connectivity index (χ2n) is 4.69. The fourth-order valence-electron chi connectivity index (χ4n) is 2.42. The first-order chi connectivity index (χ1) is 7.79. The van der Waals surface area contributed by atoms with Gasteiger partial charge in [-0.25, -0.2) is 0 Å². The third-order valence-corrected chi connectivity index (χ3v) is 3.48. The quantitative estimate of drug-likeness (QED) is 0.848. The van der Waals surface area contributed by atoms with Crippen LogP contribution in [0.3, 0.4) is 0 Å². The summed E-state index contributed by atoms with van der Waals surface area (Å²) in [6.45, 7) is 5.57. The van der Waals surface area contributed by atoms with Crippen LogP contribution in [-0.2, 0) is 6.54 Å². The van der Waals surface area contributed by atoms with E-state index in [-0.39, 0.29) is 0 Å². The van der Waals surface area contributed by atoms with Gasteiger partial charge in [-0.1, -0.05) is 13.3 Å². The molecular formula is C13H21N3. The molecule has 1 unspecified atom stereocenters. The zero-order valence-corrected chi connectivity index (χ0v) is 10.0. The van der Waals surface area contributed by atoms with E-state index in [0.717, 1.165) is 23.8 Å². The smallest absolute Gasteiger partial charge is 0.0772 e. The van der Waals surface area contributed by atoms with Crippen molar-refractivity contribution in [3.8, 4) is 0 Å². The van der Waals surface area contributed by atoms with Crippen molar-refractivity contribution >= 4 is 5.69 Å². The van der Waals surface area contributed by atoms with E-state index in [9.17, 15) is 0 Å². The Labute approximate surface area is 97.7 Å². The number of hydrogen-bond donors (Lipinski definition) is 1. The number of hydrogen-bond acceptors (Lipinski definition) is 3. The number of likely N-dealkylation sites (tertiary alicyclic amines) is 1. The standard InChI is InChI=1S/C13H21N3/c1-2-11-5-4-8-16(9-11)10-13-12(14)6-3-7-15-13/h3,6-7,11H,2,4-5,8-10,14H2,1H3.